The minimum Gasteiger partial charge on any atom is -0.489 e. The Balaban J connectivity index is 1.85. The van der Waals surface area contributed by atoms with E-state index in [-0.39, 0.29) is 0 Å². The maximum atomic E-state index is 11.3. The Labute approximate surface area is 109 Å². The number of nitrogens with one attached hydrogen (secondary N) is 3. The molecule has 2 unspecified atom stereocenters. The van der Waals surface area contributed by atoms with Crippen LogP contribution >= 0.6 is 11.9 Å². The summed E-state index contributed by atoms with van der Waals surface area (Å²) in [4.78, 5) is 15.1. The van der Waals surface area contributed by atoms with Crippen molar-refractivity contribution in [3.8, 4) is 5.75 Å². The predicted molar refractivity (Wildman–Crippen MR) is 68.6 cm³/mol. The van der Waals surface area contributed by atoms with Gasteiger partial charge < -0.3 is 20.8 Å². The summed E-state index contributed by atoms with van der Waals surface area (Å²) in [5.41, 5.74) is 5.66. The molecule has 98 valence electrons. The van der Waals surface area contributed by atoms with Gasteiger partial charge in [-0.3, -0.25) is 9.52 Å². The molecule has 2 aliphatic heterocycles. The Morgan fingerprint density at radius 1 is 1.56 bits per heavy atom. The number of carbonyl (C=O) groups excluding carboxylic acids is 1. The fourth-order valence-electron chi connectivity index (χ4n) is 2.38. The number of nitrogens with two attached hydrogens (primary N) is 1. The second kappa shape index (κ2) is 4.83. The van der Waals surface area contributed by atoms with Gasteiger partial charge in [0.15, 0.2) is 5.75 Å². The number of piperidine rings is 1. The molecule has 0 aromatic carbocycles. The maximum absolute atomic E-state index is 11.3. The molecule has 0 spiro atoms. The number of aromatic nitrogens is 1. The van der Waals surface area contributed by atoms with E-state index in [9.17, 15) is 4.79 Å². The Morgan fingerprint density at radius 2 is 2.44 bits per heavy atom. The van der Waals surface area contributed by atoms with E-state index in [4.69, 9.17) is 10.5 Å². The van der Waals surface area contributed by atoms with Crippen molar-refractivity contribution in [1.82, 2.24) is 15.0 Å². The minimum atomic E-state index is -0.490. The molecule has 1 aromatic heterocycles. The van der Waals surface area contributed by atoms with E-state index in [2.05, 4.69) is 15.0 Å². The summed E-state index contributed by atoms with van der Waals surface area (Å²) in [6.45, 7) is 2.56. The molecule has 6 nitrogen and oxygen atoms in total. The third kappa shape index (κ3) is 2.09. The second-order valence-corrected chi connectivity index (χ2v) is 5.49. The number of rotatable bonds is 1. The first-order valence-corrected chi connectivity index (χ1v) is 6.84. The average Bonchev–Trinajstić information content (AvgIpc) is 2.74. The highest BCUT2D eigenvalue weighted by atomic mass is 32.2. The first-order valence-electron chi connectivity index (χ1n) is 6.03. The minimum absolute atomic E-state index is 0.349. The van der Waals surface area contributed by atoms with E-state index in [1.807, 2.05) is 0 Å². The number of H-pyrrole nitrogens is 1. The molecular weight excluding hydrogens is 252 g/mol. The van der Waals surface area contributed by atoms with E-state index in [0.717, 1.165) is 24.4 Å². The summed E-state index contributed by atoms with van der Waals surface area (Å²) in [5, 5.41) is 3.36. The van der Waals surface area contributed by atoms with Crippen LogP contribution in [0, 0.1) is 5.92 Å². The molecule has 0 saturated carbocycles. The number of amides is 1. The van der Waals surface area contributed by atoms with Gasteiger partial charge in [-0.1, -0.05) is 0 Å². The van der Waals surface area contributed by atoms with Crippen molar-refractivity contribution in [1.29, 1.82) is 0 Å². The first-order chi connectivity index (χ1) is 8.75. The predicted octanol–water partition coefficient (Wildman–Crippen LogP) is 0.0808. The first kappa shape index (κ1) is 11.9. The van der Waals surface area contributed by atoms with Gasteiger partial charge in [0.1, 0.15) is 5.69 Å². The van der Waals surface area contributed by atoms with Crippen molar-refractivity contribution < 1.29 is 9.53 Å². The highest BCUT2D eigenvalue weighted by Crippen LogP contribution is 2.34. The van der Waals surface area contributed by atoms with Crippen molar-refractivity contribution in [3.05, 3.63) is 11.9 Å². The lowest BCUT2D eigenvalue weighted by atomic mass is 9.95. The molecule has 3 heterocycles. The molecule has 0 bridgehead atoms. The van der Waals surface area contributed by atoms with Gasteiger partial charge >= 0.3 is 0 Å². The highest BCUT2D eigenvalue weighted by molar-refractivity contribution is 7.97. The van der Waals surface area contributed by atoms with Gasteiger partial charge in [-0.25, -0.2) is 0 Å². The molecule has 1 saturated heterocycles. The summed E-state index contributed by atoms with van der Waals surface area (Å²) in [5.74, 6) is 0.495. The molecule has 1 fully saturated rings. The Hall–Kier alpha value is -1.18. The van der Waals surface area contributed by atoms with Crippen molar-refractivity contribution in [3.63, 3.8) is 0 Å². The van der Waals surface area contributed by atoms with Crippen LogP contribution in [0.5, 0.6) is 5.75 Å². The summed E-state index contributed by atoms with van der Waals surface area (Å²) in [6, 6.07) is 0.441. The normalized spacial score (nSPS) is 27.3. The zero-order valence-corrected chi connectivity index (χ0v) is 10.7. The second-order valence-electron chi connectivity index (χ2n) is 4.61. The van der Waals surface area contributed by atoms with Gasteiger partial charge in [0.25, 0.3) is 5.91 Å². The summed E-state index contributed by atoms with van der Waals surface area (Å²) in [6.07, 6.45) is 2.85. The van der Waals surface area contributed by atoms with Crippen molar-refractivity contribution in [2.75, 3.05) is 19.7 Å². The van der Waals surface area contributed by atoms with Gasteiger partial charge in [0.05, 0.1) is 11.5 Å². The molecule has 5 N–H and O–H groups in total. The van der Waals surface area contributed by atoms with E-state index in [1.165, 1.54) is 11.9 Å². The third-order valence-corrected chi connectivity index (χ3v) is 4.36. The molecule has 1 amide bonds. The zero-order valence-electron chi connectivity index (χ0n) is 9.86. The summed E-state index contributed by atoms with van der Waals surface area (Å²) < 4.78 is 9.25. The van der Waals surface area contributed by atoms with Gasteiger partial charge in [0.2, 0.25) is 0 Å². The monoisotopic (exact) mass is 268 g/mol. The number of fused-ring (bicyclic) bond motifs is 2. The maximum Gasteiger partial charge on any atom is 0.269 e. The van der Waals surface area contributed by atoms with Crippen LogP contribution in [0.2, 0.25) is 0 Å². The van der Waals surface area contributed by atoms with Crippen molar-refractivity contribution in [2.45, 2.75) is 17.4 Å². The van der Waals surface area contributed by atoms with E-state index < -0.39 is 5.91 Å². The Kier molecular flexibility index (Phi) is 3.19. The van der Waals surface area contributed by atoms with Crippen LogP contribution in [-0.4, -0.2) is 36.6 Å². The van der Waals surface area contributed by atoms with Gasteiger partial charge in [-0.2, -0.15) is 0 Å². The molecule has 2 aliphatic rings. The number of primary amides is 1. The number of carbonyl (C=O) groups is 1. The average molecular weight is 268 g/mol. The summed E-state index contributed by atoms with van der Waals surface area (Å²) in [7, 11) is 0. The topological polar surface area (TPSA) is 92.2 Å². The lowest BCUT2D eigenvalue weighted by Crippen LogP contribution is -2.48. The quantitative estimate of drug-likeness (QED) is 0.541. The Bertz CT molecular complexity index is 462. The smallest absolute Gasteiger partial charge is 0.269 e. The number of ether oxygens (including phenoxy) is 1. The molecular formula is C11H16N4O2S. The van der Waals surface area contributed by atoms with Crippen LogP contribution in [0.3, 0.4) is 0 Å². The lowest BCUT2D eigenvalue weighted by Gasteiger charge is -2.33. The van der Waals surface area contributed by atoms with E-state index in [1.54, 1.807) is 6.20 Å². The van der Waals surface area contributed by atoms with Crippen LogP contribution in [0.15, 0.2) is 11.1 Å². The fraction of sp³-hybridized carbons (Fsp3) is 0.545. The SMILES string of the molecule is NC(=O)c1[nH]cc2c1OCC1CNCCC1NS2. The highest BCUT2D eigenvalue weighted by Gasteiger charge is 2.29. The van der Waals surface area contributed by atoms with Crippen LogP contribution < -0.4 is 20.5 Å². The molecule has 0 aliphatic carbocycles. The van der Waals surface area contributed by atoms with E-state index >= 15 is 0 Å². The molecule has 7 heteroatoms. The molecule has 0 radical (unpaired) electrons. The van der Waals surface area contributed by atoms with Gasteiger partial charge in [0, 0.05) is 24.7 Å². The molecule has 3 rings (SSSR count). The summed E-state index contributed by atoms with van der Waals surface area (Å²) >= 11 is 1.50. The molecule has 1 aromatic rings. The van der Waals surface area contributed by atoms with Crippen molar-refractivity contribution >= 4 is 17.9 Å². The van der Waals surface area contributed by atoms with Crippen LogP contribution in [0.4, 0.5) is 0 Å². The standard InChI is InChI=1S/C11H16N4O2S/c12-11(16)9-10-8(4-14-9)18-15-7-1-2-13-3-6(7)5-17-10/h4,6-7,13-15H,1-3,5H2,(H2,12,16). The van der Waals surface area contributed by atoms with Crippen LogP contribution in [0.1, 0.15) is 16.9 Å². The van der Waals surface area contributed by atoms with Gasteiger partial charge in [-0.05, 0) is 24.9 Å². The molecule has 2 atom stereocenters. The lowest BCUT2D eigenvalue weighted by molar-refractivity contribution is 0.0989. The fourth-order valence-corrected chi connectivity index (χ4v) is 3.34. The van der Waals surface area contributed by atoms with Crippen LogP contribution in [0.25, 0.3) is 0 Å². The van der Waals surface area contributed by atoms with Crippen molar-refractivity contribution in [2.24, 2.45) is 11.7 Å². The number of aromatic amines is 1. The number of hydrogen-bond acceptors (Lipinski definition) is 5. The number of hydrogen-bond donors (Lipinski definition) is 4. The molecule has 18 heavy (non-hydrogen) atoms. The largest absolute Gasteiger partial charge is 0.489 e. The van der Waals surface area contributed by atoms with Crippen LogP contribution in [-0.2, 0) is 0 Å². The van der Waals surface area contributed by atoms with Gasteiger partial charge in [-0.15, -0.1) is 0 Å². The van der Waals surface area contributed by atoms with E-state index in [0.29, 0.717) is 30.0 Å². The zero-order chi connectivity index (χ0) is 12.5. The third-order valence-electron chi connectivity index (χ3n) is 3.41. The Morgan fingerprint density at radius 3 is 3.28 bits per heavy atom.